The molecule has 11 heteroatoms. The number of carboxylic acids is 2. The van der Waals surface area contributed by atoms with Gasteiger partial charge in [0.1, 0.15) is 24.1 Å². The van der Waals surface area contributed by atoms with E-state index in [-0.39, 0.29) is 23.5 Å². The topological polar surface area (TPSA) is 144 Å². The highest BCUT2D eigenvalue weighted by Gasteiger charge is 2.27. The van der Waals surface area contributed by atoms with Gasteiger partial charge in [-0.15, -0.1) is 5.92 Å². The first kappa shape index (κ1) is 29.2. The van der Waals surface area contributed by atoms with Gasteiger partial charge in [0, 0.05) is 30.1 Å². The van der Waals surface area contributed by atoms with E-state index >= 15 is 0 Å². The van der Waals surface area contributed by atoms with Crippen molar-refractivity contribution in [3.8, 4) is 23.3 Å². The number of ether oxygens (including phenoxy) is 2. The Morgan fingerprint density at radius 3 is 2.29 bits per heavy atom. The Morgan fingerprint density at radius 1 is 1.00 bits per heavy atom. The fraction of sp³-hybridized carbons (Fsp3) is 0.200. The Balaban J connectivity index is 1.63. The second kappa shape index (κ2) is 12.6. The molecule has 4 aromatic rings. The van der Waals surface area contributed by atoms with Crippen molar-refractivity contribution in [3.05, 3.63) is 89.6 Å². The quantitative estimate of drug-likeness (QED) is 0.216. The van der Waals surface area contributed by atoms with Crippen LogP contribution < -0.4 is 14.2 Å². The minimum Gasteiger partial charge on any atom is -0.497 e. The third-order valence-corrected chi connectivity index (χ3v) is 7.85. The van der Waals surface area contributed by atoms with E-state index in [1.54, 1.807) is 26.3 Å². The molecule has 0 radical (unpaired) electrons. The second-order valence-electron chi connectivity index (χ2n) is 9.07. The van der Waals surface area contributed by atoms with Gasteiger partial charge in [-0.25, -0.2) is 13.2 Å². The number of aromatic carboxylic acids is 1. The van der Waals surface area contributed by atoms with E-state index in [1.807, 2.05) is 28.8 Å². The van der Waals surface area contributed by atoms with Crippen LogP contribution in [0, 0.1) is 11.8 Å². The number of nitrogens with zero attached hydrogens (tertiary/aromatic N) is 1. The van der Waals surface area contributed by atoms with E-state index < -0.39 is 28.0 Å². The number of carbonyl (C=O) groups is 2. The van der Waals surface area contributed by atoms with Crippen LogP contribution in [-0.2, 0) is 27.8 Å². The van der Waals surface area contributed by atoms with Gasteiger partial charge in [-0.2, -0.15) is 4.72 Å². The van der Waals surface area contributed by atoms with Gasteiger partial charge in [0.2, 0.25) is 10.0 Å². The maximum absolute atomic E-state index is 13.1. The molecule has 3 aromatic carbocycles. The summed E-state index contributed by atoms with van der Waals surface area (Å²) < 4.78 is 40.9. The smallest absolute Gasteiger partial charge is 0.335 e. The van der Waals surface area contributed by atoms with E-state index in [1.165, 1.54) is 36.4 Å². The largest absolute Gasteiger partial charge is 0.497 e. The summed E-state index contributed by atoms with van der Waals surface area (Å²) in [4.78, 5) is 23.7. The molecule has 0 amide bonds. The van der Waals surface area contributed by atoms with Crippen molar-refractivity contribution in [1.29, 1.82) is 0 Å². The third-order valence-electron chi connectivity index (χ3n) is 6.36. The monoisotopic (exact) mass is 576 g/mol. The summed E-state index contributed by atoms with van der Waals surface area (Å²) in [5.41, 5.74) is 2.12. The average Bonchev–Trinajstić information content (AvgIpc) is 3.29. The molecule has 0 fully saturated rings. The number of hydrogen-bond donors (Lipinski definition) is 3. The maximum atomic E-state index is 13.1. The van der Waals surface area contributed by atoms with Crippen molar-refractivity contribution >= 4 is 32.9 Å². The minimum absolute atomic E-state index is 0.0284. The fourth-order valence-electron chi connectivity index (χ4n) is 4.29. The molecule has 4 rings (SSSR count). The van der Waals surface area contributed by atoms with E-state index in [4.69, 9.17) is 9.47 Å². The molecular weight excluding hydrogens is 548 g/mol. The zero-order valence-electron chi connectivity index (χ0n) is 22.3. The Bertz CT molecular complexity index is 1730. The zero-order chi connectivity index (χ0) is 29.6. The molecule has 0 saturated carbocycles. The van der Waals surface area contributed by atoms with Crippen LogP contribution in [0.15, 0.2) is 77.8 Å². The highest BCUT2D eigenvalue weighted by Crippen LogP contribution is 2.26. The number of hydrogen-bond acceptors (Lipinski definition) is 6. The number of methoxy groups -OCH3 is 1. The lowest BCUT2D eigenvalue weighted by Crippen LogP contribution is -2.42. The lowest BCUT2D eigenvalue weighted by atomic mass is 10.0. The van der Waals surface area contributed by atoms with Crippen molar-refractivity contribution in [2.75, 3.05) is 13.7 Å². The van der Waals surface area contributed by atoms with Crippen LogP contribution in [0.2, 0.25) is 0 Å². The summed E-state index contributed by atoms with van der Waals surface area (Å²) in [6.07, 6.45) is 1.50. The lowest BCUT2D eigenvalue weighted by molar-refractivity contribution is -0.138. The first-order chi connectivity index (χ1) is 19.6. The zero-order valence-corrected chi connectivity index (χ0v) is 23.1. The van der Waals surface area contributed by atoms with Gasteiger partial charge in [0.25, 0.3) is 0 Å². The van der Waals surface area contributed by atoms with Crippen molar-refractivity contribution in [2.24, 2.45) is 0 Å². The van der Waals surface area contributed by atoms with Crippen molar-refractivity contribution < 1.29 is 37.7 Å². The van der Waals surface area contributed by atoms with Crippen LogP contribution in [0.1, 0.15) is 28.4 Å². The van der Waals surface area contributed by atoms with E-state index in [0.29, 0.717) is 34.5 Å². The molecule has 0 spiro atoms. The normalized spacial score (nSPS) is 11.9. The number of benzene rings is 3. The van der Waals surface area contributed by atoms with Gasteiger partial charge in [-0.1, -0.05) is 18.1 Å². The summed E-state index contributed by atoms with van der Waals surface area (Å²) >= 11 is 0. The molecule has 1 aromatic heterocycles. The van der Waals surface area contributed by atoms with Crippen LogP contribution in [0.5, 0.6) is 11.5 Å². The minimum atomic E-state index is -4.22. The Labute approximate surface area is 237 Å². The molecule has 1 atom stereocenters. The first-order valence-electron chi connectivity index (χ1n) is 12.5. The summed E-state index contributed by atoms with van der Waals surface area (Å²) in [5, 5.41) is 20.0. The molecular formula is C30H28N2O8S. The molecule has 1 unspecified atom stereocenters. The van der Waals surface area contributed by atoms with Crippen LogP contribution in [0.4, 0.5) is 0 Å². The maximum Gasteiger partial charge on any atom is 0.335 e. The Hall–Kier alpha value is -4.79. The number of aromatic nitrogens is 1. The second-order valence-corrected chi connectivity index (χ2v) is 10.8. The van der Waals surface area contributed by atoms with Gasteiger partial charge in [-0.3, -0.25) is 4.79 Å². The van der Waals surface area contributed by atoms with E-state index in [9.17, 15) is 28.2 Å². The lowest BCUT2D eigenvalue weighted by Gasteiger charge is -2.15. The third kappa shape index (κ3) is 7.05. The molecule has 0 aliphatic heterocycles. The summed E-state index contributed by atoms with van der Waals surface area (Å²) in [6.45, 7) is 2.24. The predicted octanol–water partition coefficient (Wildman–Crippen LogP) is 3.77. The predicted molar refractivity (Wildman–Crippen MR) is 152 cm³/mol. The van der Waals surface area contributed by atoms with Crippen LogP contribution in [0.3, 0.4) is 0 Å². The molecule has 0 saturated heterocycles. The SMILES string of the molecule is CC#CCOc1ccc(S(=O)(=O)NC(Cc2cn(Cc3ccc(OC)cc3)c3ccc(C(=O)O)cc23)C(=O)O)cc1. The Kier molecular flexibility index (Phi) is 8.97. The standard InChI is InChI=1S/C30H28N2O8S/c1-3-4-15-40-24-10-12-25(13-11-24)41(37,38)31-27(30(35)36)17-22-19-32(18-20-5-8-23(39-2)9-6-20)28-14-7-21(29(33)34)16-26(22)28/h5-14,16,19,27,31H,15,17-18H2,1-2H3,(H,33,34)(H,35,36). The number of nitrogens with one attached hydrogen (secondary N) is 1. The first-order valence-corrected chi connectivity index (χ1v) is 13.9. The van der Waals surface area contributed by atoms with Gasteiger partial charge in [0.15, 0.2) is 0 Å². The molecule has 1 heterocycles. The van der Waals surface area contributed by atoms with Crippen LogP contribution >= 0.6 is 0 Å². The Morgan fingerprint density at radius 2 is 1.68 bits per heavy atom. The fourth-order valence-corrected chi connectivity index (χ4v) is 5.48. The average molecular weight is 577 g/mol. The molecule has 0 aliphatic rings. The van der Waals surface area contributed by atoms with Crippen LogP contribution in [-0.4, -0.2) is 54.9 Å². The number of fused-ring (bicyclic) bond motifs is 1. The number of aliphatic carboxylic acids is 1. The van der Waals surface area contributed by atoms with Crippen molar-refractivity contribution in [1.82, 2.24) is 9.29 Å². The number of sulfonamides is 1. The van der Waals surface area contributed by atoms with Crippen molar-refractivity contribution in [3.63, 3.8) is 0 Å². The summed E-state index contributed by atoms with van der Waals surface area (Å²) in [6, 6.07) is 16.0. The number of carboxylic acid groups (broad SMARTS) is 2. The van der Waals surface area contributed by atoms with Gasteiger partial charge >= 0.3 is 11.9 Å². The summed E-state index contributed by atoms with van der Waals surface area (Å²) in [5.74, 6) is 4.03. The van der Waals surface area contributed by atoms with Gasteiger partial charge in [-0.05, 0) is 72.6 Å². The molecule has 0 aliphatic carbocycles. The molecule has 41 heavy (non-hydrogen) atoms. The molecule has 212 valence electrons. The van der Waals surface area contributed by atoms with Gasteiger partial charge < -0.3 is 24.3 Å². The molecule has 10 nitrogen and oxygen atoms in total. The van der Waals surface area contributed by atoms with E-state index in [0.717, 1.165) is 5.56 Å². The molecule has 3 N–H and O–H groups in total. The number of rotatable bonds is 12. The summed E-state index contributed by atoms with van der Waals surface area (Å²) in [7, 11) is -2.65. The van der Waals surface area contributed by atoms with E-state index in [2.05, 4.69) is 16.6 Å². The highest BCUT2D eigenvalue weighted by molar-refractivity contribution is 7.89. The molecule has 0 bridgehead atoms. The van der Waals surface area contributed by atoms with Crippen molar-refractivity contribution in [2.45, 2.75) is 30.8 Å². The van der Waals surface area contributed by atoms with Gasteiger partial charge in [0.05, 0.1) is 17.6 Å². The van der Waals surface area contributed by atoms with Crippen LogP contribution in [0.25, 0.3) is 10.9 Å². The highest BCUT2D eigenvalue weighted by atomic mass is 32.2.